The highest BCUT2D eigenvalue weighted by Crippen LogP contribution is 2.31. The highest BCUT2D eigenvalue weighted by atomic mass is 32.1. The van der Waals surface area contributed by atoms with Crippen molar-refractivity contribution in [2.45, 2.75) is 12.5 Å². The molecule has 1 N–H and O–H groups in total. The summed E-state index contributed by atoms with van der Waals surface area (Å²) >= 11 is 1.56. The van der Waals surface area contributed by atoms with E-state index in [4.69, 9.17) is 9.72 Å². The Kier molecular flexibility index (Phi) is 7.19. The van der Waals surface area contributed by atoms with Crippen LogP contribution in [0.5, 0.6) is 0 Å². The molecule has 2 aromatic carbocycles. The second-order valence-electron chi connectivity index (χ2n) is 10.9. The van der Waals surface area contributed by atoms with E-state index < -0.39 is 5.82 Å². The molecule has 2 fully saturated rings. The molecule has 0 saturated carbocycles. The molecule has 0 bridgehead atoms. The van der Waals surface area contributed by atoms with Crippen molar-refractivity contribution in [1.82, 2.24) is 19.4 Å². The lowest BCUT2D eigenvalue weighted by atomic mass is 10.0. The highest BCUT2D eigenvalue weighted by Gasteiger charge is 2.25. The predicted molar refractivity (Wildman–Crippen MR) is 166 cm³/mol. The molecule has 3 aromatic heterocycles. The number of hydrogen-bond donors (Lipinski definition) is 1. The Bertz CT molecular complexity index is 1780. The Morgan fingerprint density at radius 1 is 1.00 bits per heavy atom. The number of pyridine rings is 1. The standard InChI is InChI=1S/C32H31FN6O2S/c1-37-10-12-38(13-11-37)25-5-3-24(4-6-25)35-32-34-18-23-16-28(31(40)39(30(23)36-32)26-8-14-41-19-26)27-7-2-21(17-29(27)33)22-9-15-42-20-22/h2-7,9,15-18,20,26H,8,10-14,19H2,1H3,(H,34,35,36). The molecular weight excluding hydrogens is 551 g/mol. The molecule has 2 saturated heterocycles. The van der Waals surface area contributed by atoms with Gasteiger partial charge in [0.05, 0.1) is 18.2 Å². The summed E-state index contributed by atoms with van der Waals surface area (Å²) in [5, 5.41) is 7.88. The number of aromatic nitrogens is 3. The number of halogens is 1. The van der Waals surface area contributed by atoms with Gasteiger partial charge in [0.15, 0.2) is 0 Å². The average molecular weight is 583 g/mol. The fraction of sp³-hybridized carbons (Fsp3) is 0.281. The molecule has 2 aliphatic rings. The van der Waals surface area contributed by atoms with Gasteiger partial charge in [-0.25, -0.2) is 9.37 Å². The highest BCUT2D eigenvalue weighted by molar-refractivity contribution is 7.08. The number of ether oxygens (including phenoxy) is 1. The Morgan fingerprint density at radius 3 is 2.55 bits per heavy atom. The van der Waals surface area contributed by atoms with E-state index in [1.807, 2.05) is 35.0 Å². The zero-order valence-electron chi connectivity index (χ0n) is 23.3. The van der Waals surface area contributed by atoms with Crippen molar-refractivity contribution in [1.29, 1.82) is 0 Å². The molecule has 214 valence electrons. The molecule has 2 aliphatic heterocycles. The quantitative estimate of drug-likeness (QED) is 0.272. The molecule has 10 heteroatoms. The molecule has 1 atom stereocenters. The van der Waals surface area contributed by atoms with Crippen LogP contribution in [0.4, 0.5) is 21.7 Å². The van der Waals surface area contributed by atoms with Crippen molar-refractivity contribution in [2.24, 2.45) is 0 Å². The Hall–Kier alpha value is -4.12. The molecular formula is C32H31FN6O2S. The van der Waals surface area contributed by atoms with E-state index in [1.54, 1.807) is 34.2 Å². The van der Waals surface area contributed by atoms with Crippen LogP contribution in [0.2, 0.25) is 0 Å². The number of hydrogen-bond acceptors (Lipinski definition) is 8. The number of nitrogens with one attached hydrogen (secondary N) is 1. The summed E-state index contributed by atoms with van der Waals surface area (Å²) in [7, 11) is 2.15. The summed E-state index contributed by atoms with van der Waals surface area (Å²) in [6.45, 7) is 5.07. The van der Waals surface area contributed by atoms with Crippen LogP contribution < -0.4 is 15.8 Å². The number of fused-ring (bicyclic) bond motifs is 1. The van der Waals surface area contributed by atoms with Gasteiger partial charge >= 0.3 is 0 Å². The van der Waals surface area contributed by atoms with E-state index in [0.717, 1.165) is 43.0 Å². The molecule has 1 unspecified atom stereocenters. The van der Waals surface area contributed by atoms with Crippen LogP contribution in [0.1, 0.15) is 12.5 Å². The maximum Gasteiger partial charge on any atom is 0.260 e. The summed E-state index contributed by atoms with van der Waals surface area (Å²) in [5.41, 5.74) is 4.53. The number of rotatable bonds is 6. The number of anilines is 3. The minimum Gasteiger partial charge on any atom is -0.379 e. The van der Waals surface area contributed by atoms with Crippen molar-refractivity contribution < 1.29 is 9.13 Å². The first-order valence-corrected chi connectivity index (χ1v) is 15.1. The number of piperazine rings is 1. The summed E-state index contributed by atoms with van der Waals surface area (Å²) in [6.07, 6.45) is 2.37. The van der Waals surface area contributed by atoms with Crippen molar-refractivity contribution in [2.75, 3.05) is 56.7 Å². The molecule has 7 rings (SSSR count). The van der Waals surface area contributed by atoms with Crippen LogP contribution in [-0.2, 0) is 4.74 Å². The van der Waals surface area contributed by atoms with Gasteiger partial charge in [0, 0.05) is 61.3 Å². The molecule has 0 amide bonds. The fourth-order valence-electron chi connectivity index (χ4n) is 5.73. The van der Waals surface area contributed by atoms with Gasteiger partial charge in [0.25, 0.3) is 5.56 Å². The number of nitrogens with zero attached hydrogens (tertiary/aromatic N) is 5. The lowest BCUT2D eigenvalue weighted by Gasteiger charge is -2.34. The van der Waals surface area contributed by atoms with Crippen molar-refractivity contribution >= 4 is 39.7 Å². The minimum atomic E-state index is -0.441. The summed E-state index contributed by atoms with van der Waals surface area (Å²) in [4.78, 5) is 28.0. The van der Waals surface area contributed by atoms with Gasteiger partial charge in [-0.2, -0.15) is 16.3 Å². The van der Waals surface area contributed by atoms with Crippen LogP contribution in [-0.4, -0.2) is 65.9 Å². The first kappa shape index (κ1) is 26.8. The number of benzene rings is 2. The number of thiophene rings is 1. The van der Waals surface area contributed by atoms with Gasteiger partial charge < -0.3 is 19.9 Å². The van der Waals surface area contributed by atoms with Crippen molar-refractivity contribution in [3.8, 4) is 22.3 Å². The van der Waals surface area contributed by atoms with Gasteiger partial charge in [0.1, 0.15) is 11.5 Å². The molecule has 0 radical (unpaired) electrons. The monoisotopic (exact) mass is 582 g/mol. The van der Waals surface area contributed by atoms with E-state index in [-0.39, 0.29) is 22.7 Å². The minimum absolute atomic E-state index is 0.196. The van der Waals surface area contributed by atoms with Crippen LogP contribution in [0.25, 0.3) is 33.3 Å². The van der Waals surface area contributed by atoms with Gasteiger partial charge in [-0.05, 0) is 77.8 Å². The third kappa shape index (κ3) is 5.17. The first-order chi connectivity index (χ1) is 20.5. The zero-order valence-corrected chi connectivity index (χ0v) is 24.1. The first-order valence-electron chi connectivity index (χ1n) is 14.2. The maximum atomic E-state index is 15.5. The van der Waals surface area contributed by atoms with E-state index in [1.165, 1.54) is 11.8 Å². The Labute approximate surface area is 247 Å². The molecule has 42 heavy (non-hydrogen) atoms. The van der Waals surface area contributed by atoms with Crippen molar-refractivity contribution in [3.05, 3.63) is 87.7 Å². The largest absolute Gasteiger partial charge is 0.379 e. The van der Waals surface area contributed by atoms with Crippen LogP contribution in [0, 0.1) is 5.82 Å². The zero-order chi connectivity index (χ0) is 28.6. The third-order valence-electron chi connectivity index (χ3n) is 8.15. The third-order valence-corrected chi connectivity index (χ3v) is 8.83. The lowest BCUT2D eigenvalue weighted by molar-refractivity contribution is 0.186. The van der Waals surface area contributed by atoms with Crippen molar-refractivity contribution in [3.63, 3.8) is 0 Å². The molecule has 5 aromatic rings. The van der Waals surface area contributed by atoms with E-state index in [2.05, 4.69) is 39.3 Å². The topological polar surface area (TPSA) is 75.5 Å². The molecule has 5 heterocycles. The molecule has 8 nitrogen and oxygen atoms in total. The van der Waals surface area contributed by atoms with Crippen LogP contribution >= 0.6 is 11.3 Å². The van der Waals surface area contributed by atoms with E-state index >= 15 is 4.39 Å². The van der Waals surface area contributed by atoms with E-state index in [0.29, 0.717) is 36.6 Å². The van der Waals surface area contributed by atoms with Gasteiger partial charge in [0.2, 0.25) is 5.95 Å². The van der Waals surface area contributed by atoms with Gasteiger partial charge in [-0.15, -0.1) is 0 Å². The normalized spacial score (nSPS) is 17.7. The summed E-state index contributed by atoms with van der Waals surface area (Å²) < 4.78 is 22.8. The number of likely N-dealkylation sites (N-methyl/N-ethyl adjacent to an activating group) is 1. The second-order valence-corrected chi connectivity index (χ2v) is 11.7. The molecule has 0 aliphatic carbocycles. The van der Waals surface area contributed by atoms with Gasteiger partial charge in [-0.1, -0.05) is 12.1 Å². The average Bonchev–Trinajstić information content (AvgIpc) is 3.74. The predicted octanol–water partition coefficient (Wildman–Crippen LogP) is 5.78. The van der Waals surface area contributed by atoms with Crippen LogP contribution in [0.3, 0.4) is 0 Å². The SMILES string of the molecule is CN1CCN(c2ccc(Nc3ncc4cc(-c5ccc(-c6ccsc6)cc5F)c(=O)n(C5CCOC5)c4n3)cc2)CC1. The Morgan fingerprint density at radius 2 is 1.83 bits per heavy atom. The lowest BCUT2D eigenvalue weighted by Crippen LogP contribution is -2.44. The van der Waals surface area contributed by atoms with Crippen LogP contribution in [0.15, 0.2) is 76.3 Å². The summed E-state index contributed by atoms with van der Waals surface area (Å²) in [5.74, 6) is -0.0513. The molecule has 0 spiro atoms. The smallest absolute Gasteiger partial charge is 0.260 e. The summed E-state index contributed by atoms with van der Waals surface area (Å²) in [6, 6.07) is 16.7. The fourth-order valence-corrected chi connectivity index (χ4v) is 6.39. The van der Waals surface area contributed by atoms with E-state index in [9.17, 15) is 4.79 Å². The maximum absolute atomic E-state index is 15.5. The second kappa shape index (κ2) is 11.3. The van der Waals surface area contributed by atoms with Gasteiger partial charge in [-0.3, -0.25) is 9.36 Å². The Balaban J connectivity index is 1.23.